The van der Waals surface area contributed by atoms with Gasteiger partial charge in [0, 0.05) is 24.8 Å². The molecule has 0 bridgehead atoms. The van der Waals surface area contributed by atoms with Gasteiger partial charge in [-0.25, -0.2) is 4.79 Å². The summed E-state index contributed by atoms with van der Waals surface area (Å²) in [5.41, 5.74) is 8.66. The number of fused-ring (bicyclic) bond motifs is 1. The summed E-state index contributed by atoms with van der Waals surface area (Å²) in [6.07, 6.45) is 4.47. The van der Waals surface area contributed by atoms with Gasteiger partial charge in [-0.3, -0.25) is 0 Å². The number of rotatable bonds is 2. The van der Waals surface area contributed by atoms with Crippen molar-refractivity contribution in [2.75, 3.05) is 11.9 Å². The van der Waals surface area contributed by atoms with Crippen LogP contribution in [-0.2, 0) is 0 Å². The number of aromatic nitrogens is 2. The molecule has 1 aromatic heterocycles. The molecule has 0 aliphatic heterocycles. The summed E-state index contributed by atoms with van der Waals surface area (Å²) in [5.74, 6) is 0. The molecule has 0 unspecified atom stereocenters. The number of anilines is 1. The summed E-state index contributed by atoms with van der Waals surface area (Å²) in [4.78, 5) is 19.1. The van der Waals surface area contributed by atoms with Gasteiger partial charge in [-0.15, -0.1) is 0 Å². The maximum atomic E-state index is 11.3. The molecule has 1 aromatic carbocycles. The highest BCUT2D eigenvalue weighted by atomic mass is 16.1. The Balaban J connectivity index is 1.84. The van der Waals surface area contributed by atoms with Gasteiger partial charge < -0.3 is 20.6 Å². The lowest BCUT2D eigenvalue weighted by Gasteiger charge is -2.35. The third kappa shape index (κ3) is 2.38. The van der Waals surface area contributed by atoms with Gasteiger partial charge in [-0.1, -0.05) is 0 Å². The highest BCUT2D eigenvalue weighted by molar-refractivity contribution is 5.79. The van der Waals surface area contributed by atoms with E-state index in [0.29, 0.717) is 12.1 Å². The predicted octanol–water partition coefficient (Wildman–Crippen LogP) is 1.56. The molecule has 0 spiro atoms. The summed E-state index contributed by atoms with van der Waals surface area (Å²) in [7, 11) is 2.12. The van der Waals surface area contributed by atoms with Crippen molar-refractivity contribution in [3.63, 3.8) is 0 Å². The maximum Gasteiger partial charge on any atom is 0.323 e. The minimum atomic E-state index is -0.154. The van der Waals surface area contributed by atoms with E-state index >= 15 is 0 Å². The van der Waals surface area contributed by atoms with E-state index in [0.717, 1.165) is 42.4 Å². The topological polar surface area (TPSA) is 77.9 Å². The summed E-state index contributed by atoms with van der Waals surface area (Å²) in [6, 6.07) is 6.95. The van der Waals surface area contributed by atoms with Crippen LogP contribution in [0.3, 0.4) is 0 Å². The second kappa shape index (κ2) is 4.74. The Morgan fingerprint density at radius 2 is 1.84 bits per heavy atom. The van der Waals surface area contributed by atoms with Crippen LogP contribution in [0.4, 0.5) is 5.69 Å². The predicted molar refractivity (Wildman–Crippen MR) is 77.6 cm³/mol. The van der Waals surface area contributed by atoms with Gasteiger partial charge in [0.2, 0.25) is 0 Å². The van der Waals surface area contributed by atoms with Crippen molar-refractivity contribution < 1.29 is 0 Å². The number of aromatic amines is 2. The Bertz CT molecular complexity index is 622. The van der Waals surface area contributed by atoms with Gasteiger partial charge in [0.1, 0.15) is 0 Å². The highest BCUT2D eigenvalue weighted by Crippen LogP contribution is 2.27. The largest absolute Gasteiger partial charge is 0.372 e. The summed E-state index contributed by atoms with van der Waals surface area (Å²) in [5, 5.41) is 0. The first-order valence-corrected chi connectivity index (χ1v) is 6.84. The minimum Gasteiger partial charge on any atom is -0.372 e. The number of hydrogen-bond donors (Lipinski definition) is 3. The first-order chi connectivity index (χ1) is 9.13. The number of nitrogens with one attached hydrogen (secondary N) is 2. The molecule has 1 aliphatic carbocycles. The summed E-state index contributed by atoms with van der Waals surface area (Å²) >= 11 is 0. The molecule has 1 aliphatic rings. The Hall–Kier alpha value is -1.75. The lowest BCUT2D eigenvalue weighted by atomic mass is 9.91. The second-order valence-corrected chi connectivity index (χ2v) is 5.49. The number of imidazole rings is 1. The molecule has 102 valence electrons. The molecule has 1 heterocycles. The van der Waals surface area contributed by atoms with Gasteiger partial charge >= 0.3 is 5.69 Å². The molecule has 2 aromatic rings. The average Bonchev–Trinajstić information content (AvgIpc) is 2.77. The molecular weight excluding hydrogens is 240 g/mol. The van der Waals surface area contributed by atoms with Crippen molar-refractivity contribution in [2.45, 2.75) is 37.8 Å². The van der Waals surface area contributed by atoms with Gasteiger partial charge in [0.05, 0.1) is 11.0 Å². The quantitative estimate of drug-likeness (QED) is 0.767. The van der Waals surface area contributed by atoms with E-state index in [4.69, 9.17) is 5.73 Å². The number of nitrogens with two attached hydrogens (primary N) is 1. The van der Waals surface area contributed by atoms with Gasteiger partial charge in [0.15, 0.2) is 0 Å². The van der Waals surface area contributed by atoms with Gasteiger partial charge in [-0.05, 0) is 43.9 Å². The Kier molecular flexibility index (Phi) is 3.06. The van der Waals surface area contributed by atoms with E-state index < -0.39 is 0 Å². The monoisotopic (exact) mass is 260 g/mol. The Morgan fingerprint density at radius 1 is 1.16 bits per heavy atom. The average molecular weight is 260 g/mol. The lowest BCUT2D eigenvalue weighted by molar-refractivity contribution is 0.385. The molecule has 5 heteroatoms. The van der Waals surface area contributed by atoms with E-state index in [-0.39, 0.29) is 5.69 Å². The van der Waals surface area contributed by atoms with Crippen LogP contribution in [0.1, 0.15) is 25.7 Å². The Labute approximate surface area is 111 Å². The molecule has 0 amide bonds. The number of benzene rings is 1. The van der Waals surface area contributed by atoms with Crippen LogP contribution in [0.2, 0.25) is 0 Å². The molecule has 0 saturated heterocycles. The fourth-order valence-electron chi connectivity index (χ4n) is 2.94. The zero-order chi connectivity index (χ0) is 13.4. The standard InChI is InChI=1S/C14H20N4O/c1-18(10-4-2-9(15)3-5-10)11-6-7-12-13(8-11)17-14(19)16-12/h6-10H,2-5,15H2,1H3,(H2,16,17,19). The van der Waals surface area contributed by atoms with Gasteiger partial charge in [0.25, 0.3) is 0 Å². The molecule has 19 heavy (non-hydrogen) atoms. The van der Waals surface area contributed by atoms with E-state index in [2.05, 4.69) is 28.0 Å². The molecular formula is C14H20N4O. The lowest BCUT2D eigenvalue weighted by Crippen LogP contribution is -2.38. The molecule has 3 rings (SSSR count). The van der Waals surface area contributed by atoms with E-state index in [1.807, 2.05) is 12.1 Å². The fourth-order valence-corrected chi connectivity index (χ4v) is 2.94. The molecule has 0 atom stereocenters. The van der Waals surface area contributed by atoms with E-state index in [1.165, 1.54) is 0 Å². The molecule has 4 N–H and O–H groups in total. The zero-order valence-electron chi connectivity index (χ0n) is 11.1. The van der Waals surface area contributed by atoms with E-state index in [1.54, 1.807) is 0 Å². The van der Waals surface area contributed by atoms with Crippen molar-refractivity contribution in [3.05, 3.63) is 28.7 Å². The van der Waals surface area contributed by atoms with Crippen molar-refractivity contribution in [1.29, 1.82) is 0 Å². The van der Waals surface area contributed by atoms with Gasteiger partial charge in [-0.2, -0.15) is 0 Å². The van der Waals surface area contributed by atoms with Crippen LogP contribution in [0.25, 0.3) is 11.0 Å². The smallest absolute Gasteiger partial charge is 0.323 e. The third-order valence-corrected chi connectivity index (χ3v) is 4.20. The maximum absolute atomic E-state index is 11.3. The van der Waals surface area contributed by atoms with Crippen LogP contribution in [0, 0.1) is 0 Å². The summed E-state index contributed by atoms with van der Waals surface area (Å²) in [6.45, 7) is 0. The number of hydrogen-bond acceptors (Lipinski definition) is 3. The fraction of sp³-hybridized carbons (Fsp3) is 0.500. The van der Waals surface area contributed by atoms with Crippen molar-refractivity contribution >= 4 is 16.7 Å². The molecule has 0 radical (unpaired) electrons. The Morgan fingerprint density at radius 3 is 2.58 bits per heavy atom. The minimum absolute atomic E-state index is 0.154. The van der Waals surface area contributed by atoms with Crippen LogP contribution < -0.4 is 16.3 Å². The van der Waals surface area contributed by atoms with Crippen LogP contribution in [0.15, 0.2) is 23.0 Å². The first-order valence-electron chi connectivity index (χ1n) is 6.84. The summed E-state index contributed by atoms with van der Waals surface area (Å²) < 4.78 is 0. The number of nitrogens with zero attached hydrogens (tertiary/aromatic N) is 1. The SMILES string of the molecule is CN(c1ccc2[nH]c(=O)[nH]c2c1)C1CCC(N)CC1. The van der Waals surface area contributed by atoms with E-state index in [9.17, 15) is 4.79 Å². The highest BCUT2D eigenvalue weighted by Gasteiger charge is 2.22. The molecule has 1 saturated carbocycles. The van der Waals surface area contributed by atoms with Crippen molar-refractivity contribution in [2.24, 2.45) is 5.73 Å². The van der Waals surface area contributed by atoms with Crippen molar-refractivity contribution in [1.82, 2.24) is 9.97 Å². The zero-order valence-corrected chi connectivity index (χ0v) is 11.1. The van der Waals surface area contributed by atoms with Crippen LogP contribution in [0.5, 0.6) is 0 Å². The normalized spacial score (nSPS) is 23.7. The molecule has 5 nitrogen and oxygen atoms in total. The number of H-pyrrole nitrogens is 2. The van der Waals surface area contributed by atoms with Crippen molar-refractivity contribution in [3.8, 4) is 0 Å². The second-order valence-electron chi connectivity index (χ2n) is 5.49. The first kappa shape index (κ1) is 12.3. The van der Waals surface area contributed by atoms with Crippen LogP contribution in [-0.4, -0.2) is 29.1 Å². The van der Waals surface area contributed by atoms with Crippen LogP contribution >= 0.6 is 0 Å². The third-order valence-electron chi connectivity index (χ3n) is 4.20. The molecule has 1 fully saturated rings.